The number of rotatable bonds is 9. The van der Waals surface area contributed by atoms with Crippen LogP contribution in [0.5, 0.6) is 0 Å². The fourth-order valence-corrected chi connectivity index (χ4v) is 2.05. The molecule has 0 spiro atoms. The van der Waals surface area contributed by atoms with Crippen molar-refractivity contribution in [2.45, 2.75) is 13.0 Å². The smallest absolute Gasteiger partial charge is 0.341 e. The van der Waals surface area contributed by atoms with Gasteiger partial charge in [-0.2, -0.15) is 0 Å². The average Bonchev–Trinajstić information content (AvgIpc) is 2.61. The third-order valence-electron chi connectivity index (χ3n) is 3.28. The van der Waals surface area contributed by atoms with E-state index >= 15 is 0 Å². The van der Waals surface area contributed by atoms with E-state index in [2.05, 4.69) is 4.99 Å². The van der Waals surface area contributed by atoms with E-state index in [-0.39, 0.29) is 12.3 Å². The van der Waals surface area contributed by atoms with Crippen molar-refractivity contribution in [3.05, 3.63) is 63.9 Å². The minimum Gasteiger partial charge on any atom is -0.482 e. The molecule has 0 saturated heterocycles. The van der Waals surface area contributed by atoms with Crippen molar-refractivity contribution < 1.29 is 24.3 Å². The van der Waals surface area contributed by atoms with Crippen molar-refractivity contribution >= 4 is 17.4 Å². The van der Waals surface area contributed by atoms with Crippen molar-refractivity contribution in [1.82, 2.24) is 0 Å². The zero-order chi connectivity index (χ0) is 18.1. The number of nitro benzene ring substituents is 1. The molecule has 1 aliphatic rings. The van der Waals surface area contributed by atoms with Gasteiger partial charge in [0.05, 0.1) is 24.7 Å². The number of hydrogen-bond donors (Lipinski definition) is 1. The van der Waals surface area contributed by atoms with Crippen LogP contribution in [0.2, 0.25) is 0 Å². The summed E-state index contributed by atoms with van der Waals surface area (Å²) in [7, 11) is 0. The first kappa shape index (κ1) is 18.3. The van der Waals surface area contributed by atoms with E-state index in [1.807, 2.05) is 0 Å². The van der Waals surface area contributed by atoms with E-state index in [0.717, 1.165) is 11.3 Å². The maximum atomic E-state index is 10.6. The number of carboxylic acid groups (broad SMARTS) is 1. The summed E-state index contributed by atoms with van der Waals surface area (Å²) in [5, 5.41) is 19.1. The normalized spacial score (nSPS) is 15.0. The Morgan fingerprint density at radius 3 is 2.64 bits per heavy atom. The molecule has 25 heavy (non-hydrogen) atoms. The minimum atomic E-state index is -1.01. The average molecular weight is 346 g/mol. The van der Waals surface area contributed by atoms with Gasteiger partial charge in [0.1, 0.15) is 5.76 Å². The van der Waals surface area contributed by atoms with Crippen molar-refractivity contribution in [2.75, 3.05) is 19.8 Å². The zero-order valence-corrected chi connectivity index (χ0v) is 13.5. The van der Waals surface area contributed by atoms with Crippen LogP contribution >= 0.6 is 0 Å². The second-order valence-electron chi connectivity index (χ2n) is 5.18. The van der Waals surface area contributed by atoms with Crippen molar-refractivity contribution in [1.29, 1.82) is 0 Å². The van der Waals surface area contributed by atoms with Gasteiger partial charge in [0, 0.05) is 24.3 Å². The second kappa shape index (κ2) is 9.33. The first-order valence-corrected chi connectivity index (χ1v) is 7.62. The summed E-state index contributed by atoms with van der Waals surface area (Å²) in [4.78, 5) is 24.9. The number of carbonyl (C=O) groups is 1. The lowest BCUT2D eigenvalue weighted by atomic mass is 10.1. The third-order valence-corrected chi connectivity index (χ3v) is 3.28. The Kier molecular flexibility index (Phi) is 6.85. The van der Waals surface area contributed by atoms with E-state index in [1.54, 1.807) is 30.4 Å². The fourth-order valence-electron chi connectivity index (χ4n) is 2.05. The van der Waals surface area contributed by atoms with Crippen LogP contribution in [0.3, 0.4) is 0 Å². The third kappa shape index (κ3) is 6.56. The summed E-state index contributed by atoms with van der Waals surface area (Å²) < 4.78 is 10.6. The Morgan fingerprint density at radius 1 is 1.28 bits per heavy atom. The van der Waals surface area contributed by atoms with Gasteiger partial charge < -0.3 is 14.6 Å². The summed E-state index contributed by atoms with van der Waals surface area (Å²) >= 11 is 0. The molecule has 0 aromatic heterocycles. The van der Waals surface area contributed by atoms with Crippen LogP contribution in [0.15, 0.2) is 53.2 Å². The van der Waals surface area contributed by atoms with Crippen molar-refractivity contribution in [2.24, 2.45) is 4.99 Å². The van der Waals surface area contributed by atoms with E-state index in [1.165, 1.54) is 12.1 Å². The molecule has 0 amide bonds. The van der Waals surface area contributed by atoms with Crippen LogP contribution in [-0.2, 0) is 20.9 Å². The maximum absolute atomic E-state index is 10.6. The molecule has 8 heteroatoms. The number of benzene rings is 1. The SMILES string of the molecule is O=C(O)COC1=CCC(=NCCOCc2ccc([N+](=O)[O-])cc2)C=C1. The molecular weight excluding hydrogens is 328 g/mol. The molecule has 1 N–H and O–H groups in total. The second-order valence-corrected chi connectivity index (χ2v) is 5.18. The van der Waals surface area contributed by atoms with E-state index in [9.17, 15) is 14.9 Å². The van der Waals surface area contributed by atoms with E-state index in [4.69, 9.17) is 14.6 Å². The van der Waals surface area contributed by atoms with Gasteiger partial charge in [0.15, 0.2) is 6.61 Å². The van der Waals surface area contributed by atoms with Gasteiger partial charge >= 0.3 is 5.97 Å². The molecule has 132 valence electrons. The first-order chi connectivity index (χ1) is 12.0. The van der Waals surface area contributed by atoms with Crippen LogP contribution in [0.4, 0.5) is 5.69 Å². The Labute approximate surface area is 144 Å². The predicted octanol–water partition coefficient (Wildman–Crippen LogP) is 2.50. The molecule has 0 unspecified atom stereocenters. The Balaban J connectivity index is 1.66. The molecule has 0 atom stereocenters. The van der Waals surface area contributed by atoms with Crippen LogP contribution in [0.25, 0.3) is 0 Å². The number of nitrogens with zero attached hydrogens (tertiary/aromatic N) is 2. The lowest BCUT2D eigenvalue weighted by molar-refractivity contribution is -0.384. The van der Waals surface area contributed by atoms with Gasteiger partial charge in [-0.3, -0.25) is 15.1 Å². The molecule has 0 fully saturated rings. The number of nitro groups is 1. The monoisotopic (exact) mass is 346 g/mol. The Hall–Kier alpha value is -3.00. The summed E-state index contributed by atoms with van der Waals surface area (Å²) in [5.41, 5.74) is 1.78. The van der Waals surface area contributed by atoms with Gasteiger partial charge in [0.25, 0.3) is 5.69 Å². The topological polar surface area (TPSA) is 111 Å². The maximum Gasteiger partial charge on any atom is 0.341 e. The molecule has 8 nitrogen and oxygen atoms in total. The molecule has 1 aromatic rings. The van der Waals surface area contributed by atoms with Crippen LogP contribution in [-0.4, -0.2) is 41.5 Å². The fraction of sp³-hybridized carbons (Fsp3) is 0.294. The number of allylic oxidation sites excluding steroid dienone is 3. The molecule has 1 aromatic carbocycles. The predicted molar refractivity (Wildman–Crippen MR) is 90.5 cm³/mol. The highest BCUT2D eigenvalue weighted by Gasteiger charge is 2.06. The quantitative estimate of drug-likeness (QED) is 0.418. The molecule has 1 aliphatic carbocycles. The number of aliphatic imine (C=N–C) groups is 1. The molecule has 0 radical (unpaired) electrons. The van der Waals surface area contributed by atoms with Crippen LogP contribution < -0.4 is 0 Å². The van der Waals surface area contributed by atoms with Gasteiger partial charge in [-0.15, -0.1) is 0 Å². The lowest BCUT2D eigenvalue weighted by Crippen LogP contribution is -2.08. The van der Waals surface area contributed by atoms with Crippen LogP contribution in [0, 0.1) is 10.1 Å². The highest BCUT2D eigenvalue weighted by atomic mass is 16.6. The van der Waals surface area contributed by atoms with Crippen molar-refractivity contribution in [3.63, 3.8) is 0 Å². The number of non-ortho nitro benzene ring substituents is 1. The van der Waals surface area contributed by atoms with Gasteiger partial charge in [-0.1, -0.05) is 0 Å². The van der Waals surface area contributed by atoms with E-state index < -0.39 is 10.9 Å². The molecule has 0 saturated carbocycles. The van der Waals surface area contributed by atoms with Gasteiger partial charge in [-0.25, -0.2) is 4.79 Å². The van der Waals surface area contributed by atoms with Gasteiger partial charge in [0.2, 0.25) is 0 Å². The zero-order valence-electron chi connectivity index (χ0n) is 13.5. The molecule has 0 heterocycles. The first-order valence-electron chi connectivity index (χ1n) is 7.62. The highest BCUT2D eigenvalue weighted by molar-refractivity contribution is 5.97. The lowest BCUT2D eigenvalue weighted by Gasteiger charge is -2.09. The van der Waals surface area contributed by atoms with Gasteiger partial charge in [-0.05, 0) is 35.9 Å². The molecule has 0 bridgehead atoms. The largest absolute Gasteiger partial charge is 0.482 e. The standard InChI is InChI=1S/C17H18N2O6/c20-17(21)12-25-16-7-3-14(4-8-16)18-9-10-24-11-13-1-5-15(6-2-13)19(22)23/h1-3,5-8H,4,9-12H2,(H,20,21). The molecule has 2 rings (SSSR count). The molecular formula is C17H18N2O6. The Bertz CT molecular complexity index is 706. The number of ether oxygens (including phenoxy) is 2. The summed E-state index contributed by atoms with van der Waals surface area (Å²) in [6, 6.07) is 6.22. The molecule has 0 aliphatic heterocycles. The highest BCUT2D eigenvalue weighted by Crippen LogP contribution is 2.12. The number of hydrogen-bond acceptors (Lipinski definition) is 6. The van der Waals surface area contributed by atoms with Crippen molar-refractivity contribution in [3.8, 4) is 0 Å². The number of aliphatic carboxylic acids is 1. The Morgan fingerprint density at radius 2 is 2.04 bits per heavy atom. The van der Waals surface area contributed by atoms with E-state index in [0.29, 0.717) is 31.9 Å². The van der Waals surface area contributed by atoms with Crippen LogP contribution in [0.1, 0.15) is 12.0 Å². The summed E-state index contributed by atoms with van der Waals surface area (Å²) in [5.74, 6) is -0.491. The number of carboxylic acids is 1. The summed E-state index contributed by atoms with van der Waals surface area (Å²) in [6.45, 7) is 0.928. The minimum absolute atomic E-state index is 0.0546. The summed E-state index contributed by atoms with van der Waals surface area (Å²) in [6.07, 6.45) is 5.82.